The number of nitrogens with one attached hydrogen (secondary N) is 2. The summed E-state index contributed by atoms with van der Waals surface area (Å²) in [5, 5.41) is 9.07. The van der Waals surface area contributed by atoms with E-state index in [0.29, 0.717) is 5.11 Å². The predicted octanol–water partition coefficient (Wildman–Crippen LogP) is 2.34. The standard InChI is InChI=1S/C18H24N4O2S/c1-14(17-13-15-5-2-3-6-16(15)24-17)20-21-18(25)19-7-4-8-22-9-11-23-12-10-22/h2-3,5-6,13H,4,7-12H2,1H3,(H2,19,21,25)/b20-14+. The van der Waals surface area contributed by atoms with Gasteiger partial charge in [-0.05, 0) is 44.2 Å². The molecule has 0 spiro atoms. The second kappa shape index (κ2) is 8.94. The number of para-hydroxylation sites is 1. The van der Waals surface area contributed by atoms with Gasteiger partial charge in [0.25, 0.3) is 0 Å². The van der Waals surface area contributed by atoms with E-state index < -0.39 is 0 Å². The van der Waals surface area contributed by atoms with Gasteiger partial charge in [-0.25, -0.2) is 0 Å². The Balaban J connectivity index is 1.40. The maximum absolute atomic E-state index is 5.78. The minimum Gasteiger partial charge on any atom is -0.455 e. The first-order valence-corrected chi connectivity index (χ1v) is 9.00. The highest BCUT2D eigenvalue weighted by Crippen LogP contribution is 2.19. The average molecular weight is 360 g/mol. The summed E-state index contributed by atoms with van der Waals surface area (Å²) in [6, 6.07) is 9.89. The molecule has 1 fully saturated rings. The second-order valence-corrected chi connectivity index (χ2v) is 6.43. The van der Waals surface area contributed by atoms with Gasteiger partial charge in [0.2, 0.25) is 0 Å². The monoisotopic (exact) mass is 360 g/mol. The number of hydrogen-bond acceptors (Lipinski definition) is 5. The molecule has 6 nitrogen and oxygen atoms in total. The van der Waals surface area contributed by atoms with E-state index in [4.69, 9.17) is 21.4 Å². The molecule has 0 saturated carbocycles. The van der Waals surface area contributed by atoms with Crippen LogP contribution in [0, 0.1) is 0 Å². The number of hydrogen-bond donors (Lipinski definition) is 2. The number of ether oxygens (including phenoxy) is 1. The van der Waals surface area contributed by atoms with Gasteiger partial charge in [-0.3, -0.25) is 10.3 Å². The van der Waals surface area contributed by atoms with Crippen LogP contribution in [0.3, 0.4) is 0 Å². The van der Waals surface area contributed by atoms with E-state index in [9.17, 15) is 0 Å². The van der Waals surface area contributed by atoms with Gasteiger partial charge < -0.3 is 14.5 Å². The lowest BCUT2D eigenvalue weighted by Gasteiger charge is -2.26. The van der Waals surface area contributed by atoms with Crippen LogP contribution in [0.25, 0.3) is 11.0 Å². The zero-order valence-corrected chi connectivity index (χ0v) is 15.3. The normalized spacial score (nSPS) is 16.1. The summed E-state index contributed by atoms with van der Waals surface area (Å²) in [6.45, 7) is 7.48. The maximum Gasteiger partial charge on any atom is 0.186 e. The summed E-state index contributed by atoms with van der Waals surface area (Å²) in [5.41, 5.74) is 4.49. The number of fused-ring (bicyclic) bond motifs is 1. The molecular formula is C18H24N4O2S. The zero-order valence-electron chi connectivity index (χ0n) is 14.5. The van der Waals surface area contributed by atoms with Gasteiger partial charge in [-0.2, -0.15) is 5.10 Å². The topological polar surface area (TPSA) is 62.0 Å². The molecule has 0 bridgehead atoms. The number of thiocarbonyl (C=S) groups is 1. The van der Waals surface area contributed by atoms with E-state index >= 15 is 0 Å². The molecule has 0 radical (unpaired) electrons. The third kappa shape index (κ3) is 5.26. The minimum atomic E-state index is 0.525. The highest BCUT2D eigenvalue weighted by atomic mass is 32.1. The van der Waals surface area contributed by atoms with Crippen LogP contribution in [0.1, 0.15) is 19.1 Å². The molecule has 2 heterocycles. The van der Waals surface area contributed by atoms with E-state index in [1.807, 2.05) is 37.3 Å². The Labute approximate surface area is 153 Å². The van der Waals surface area contributed by atoms with E-state index in [2.05, 4.69) is 20.7 Å². The van der Waals surface area contributed by atoms with Crippen LogP contribution in [0.4, 0.5) is 0 Å². The molecule has 1 saturated heterocycles. The number of furan rings is 1. The van der Waals surface area contributed by atoms with Gasteiger partial charge >= 0.3 is 0 Å². The van der Waals surface area contributed by atoms with Crippen LogP contribution in [-0.4, -0.2) is 55.1 Å². The first kappa shape index (κ1) is 17.8. The molecule has 0 atom stereocenters. The second-order valence-electron chi connectivity index (χ2n) is 6.02. The van der Waals surface area contributed by atoms with Crippen LogP contribution in [0.15, 0.2) is 39.9 Å². The summed E-state index contributed by atoms with van der Waals surface area (Å²) in [6.07, 6.45) is 1.04. The molecule has 1 aromatic heterocycles. The molecular weight excluding hydrogens is 336 g/mol. The van der Waals surface area contributed by atoms with Crippen molar-refractivity contribution in [1.29, 1.82) is 0 Å². The van der Waals surface area contributed by atoms with Crippen LogP contribution in [-0.2, 0) is 4.74 Å². The largest absolute Gasteiger partial charge is 0.455 e. The third-order valence-electron chi connectivity index (χ3n) is 4.15. The van der Waals surface area contributed by atoms with Gasteiger partial charge in [-0.15, -0.1) is 0 Å². The van der Waals surface area contributed by atoms with Crippen molar-refractivity contribution in [2.45, 2.75) is 13.3 Å². The van der Waals surface area contributed by atoms with Crippen molar-refractivity contribution in [3.05, 3.63) is 36.1 Å². The summed E-state index contributed by atoms with van der Waals surface area (Å²) in [7, 11) is 0. The van der Waals surface area contributed by atoms with Gasteiger partial charge in [0.15, 0.2) is 10.9 Å². The first-order chi connectivity index (χ1) is 12.2. The Bertz CT molecular complexity index is 705. The van der Waals surface area contributed by atoms with Gasteiger partial charge in [-0.1, -0.05) is 18.2 Å². The molecule has 0 aliphatic carbocycles. The lowest BCUT2D eigenvalue weighted by Crippen LogP contribution is -2.39. The number of nitrogens with zero attached hydrogens (tertiary/aromatic N) is 2. The Hall–Kier alpha value is -1.96. The Morgan fingerprint density at radius 1 is 1.28 bits per heavy atom. The molecule has 25 heavy (non-hydrogen) atoms. The Morgan fingerprint density at radius 2 is 2.08 bits per heavy atom. The summed E-state index contributed by atoms with van der Waals surface area (Å²) in [5.74, 6) is 0.740. The highest BCUT2D eigenvalue weighted by molar-refractivity contribution is 7.80. The quantitative estimate of drug-likeness (QED) is 0.357. The fraction of sp³-hybridized carbons (Fsp3) is 0.444. The fourth-order valence-corrected chi connectivity index (χ4v) is 2.87. The van der Waals surface area contributed by atoms with Crippen molar-refractivity contribution in [3.63, 3.8) is 0 Å². The smallest absolute Gasteiger partial charge is 0.186 e. The van der Waals surface area contributed by atoms with Crippen molar-refractivity contribution in [1.82, 2.24) is 15.6 Å². The average Bonchev–Trinajstić information content (AvgIpc) is 3.08. The number of morpholine rings is 1. The van der Waals surface area contributed by atoms with Crippen molar-refractivity contribution >= 4 is 34.0 Å². The van der Waals surface area contributed by atoms with E-state index in [-0.39, 0.29) is 0 Å². The zero-order chi connectivity index (χ0) is 17.5. The van der Waals surface area contributed by atoms with E-state index in [1.165, 1.54) is 0 Å². The van der Waals surface area contributed by atoms with Crippen molar-refractivity contribution < 1.29 is 9.15 Å². The Kier molecular flexibility index (Phi) is 6.38. The summed E-state index contributed by atoms with van der Waals surface area (Å²) < 4.78 is 11.1. The van der Waals surface area contributed by atoms with Crippen LogP contribution in [0.5, 0.6) is 0 Å². The Morgan fingerprint density at radius 3 is 2.88 bits per heavy atom. The molecule has 7 heteroatoms. The van der Waals surface area contributed by atoms with Crippen molar-refractivity contribution in [2.24, 2.45) is 5.10 Å². The molecule has 3 rings (SSSR count). The van der Waals surface area contributed by atoms with Crippen molar-refractivity contribution in [2.75, 3.05) is 39.4 Å². The van der Waals surface area contributed by atoms with Crippen molar-refractivity contribution in [3.8, 4) is 0 Å². The van der Waals surface area contributed by atoms with Crippen LogP contribution >= 0.6 is 12.2 Å². The third-order valence-corrected chi connectivity index (χ3v) is 4.38. The predicted molar refractivity (Wildman–Crippen MR) is 104 cm³/mol. The fourth-order valence-electron chi connectivity index (χ4n) is 2.72. The minimum absolute atomic E-state index is 0.525. The van der Waals surface area contributed by atoms with Gasteiger partial charge in [0.05, 0.1) is 13.2 Å². The molecule has 1 aromatic carbocycles. The number of rotatable bonds is 6. The molecule has 2 N–H and O–H groups in total. The number of hydrazone groups is 1. The molecule has 134 valence electrons. The van der Waals surface area contributed by atoms with E-state index in [0.717, 1.165) is 68.3 Å². The number of benzene rings is 1. The molecule has 0 amide bonds. The molecule has 1 aliphatic heterocycles. The lowest BCUT2D eigenvalue weighted by atomic mass is 10.2. The molecule has 1 aliphatic rings. The van der Waals surface area contributed by atoms with Gasteiger partial charge in [0.1, 0.15) is 11.3 Å². The lowest BCUT2D eigenvalue weighted by molar-refractivity contribution is 0.0376. The summed E-state index contributed by atoms with van der Waals surface area (Å²) >= 11 is 5.26. The maximum atomic E-state index is 5.78. The van der Waals surface area contributed by atoms with Crippen LogP contribution < -0.4 is 10.7 Å². The SMILES string of the molecule is C/C(=N\NC(=S)NCCCN1CCOCC1)c1cc2ccccc2o1. The molecule has 2 aromatic rings. The van der Waals surface area contributed by atoms with E-state index in [1.54, 1.807) is 0 Å². The molecule has 0 unspecified atom stereocenters. The highest BCUT2D eigenvalue weighted by Gasteiger charge is 2.09. The summed E-state index contributed by atoms with van der Waals surface area (Å²) in [4.78, 5) is 2.41. The first-order valence-electron chi connectivity index (χ1n) is 8.59. The van der Waals surface area contributed by atoms with Crippen LogP contribution in [0.2, 0.25) is 0 Å². The van der Waals surface area contributed by atoms with Gasteiger partial charge in [0, 0.05) is 25.0 Å².